The Morgan fingerprint density at radius 3 is 2.80 bits per heavy atom. The highest BCUT2D eigenvalue weighted by Gasteiger charge is 2.76. The van der Waals surface area contributed by atoms with Crippen LogP contribution in [0.15, 0.2) is 23.8 Å². The molecule has 5 aliphatic rings. The number of carboxylic acids is 1. The maximum Gasteiger partial charge on any atom is 0.339 e. The smallest absolute Gasteiger partial charge is 0.339 e. The Labute approximate surface area is 177 Å². The Bertz CT molecular complexity index is 847. The normalized spacial score (nSPS) is 51.6. The molecule has 0 bridgehead atoms. The van der Waals surface area contributed by atoms with Crippen molar-refractivity contribution < 1.29 is 29.3 Å². The molecule has 0 aromatic heterocycles. The van der Waals surface area contributed by atoms with E-state index in [1.165, 1.54) is 0 Å². The van der Waals surface area contributed by atoms with Crippen molar-refractivity contribution in [1.29, 1.82) is 0 Å². The van der Waals surface area contributed by atoms with Gasteiger partial charge in [0.05, 0.1) is 6.10 Å². The largest absolute Gasteiger partial charge is 0.479 e. The number of ether oxygens (including phenoxy) is 2. The molecule has 6 nitrogen and oxygen atoms in total. The van der Waals surface area contributed by atoms with Gasteiger partial charge in [-0.1, -0.05) is 38.8 Å². The zero-order valence-electron chi connectivity index (χ0n) is 18.0. The minimum atomic E-state index is -1.40. The predicted octanol–water partition coefficient (Wildman–Crippen LogP) is 3.24. The molecule has 30 heavy (non-hydrogen) atoms. The molecule has 1 aliphatic heterocycles. The molecular formula is C24H32O6. The quantitative estimate of drug-likeness (QED) is 0.734. The van der Waals surface area contributed by atoms with Crippen LogP contribution >= 0.6 is 0 Å². The summed E-state index contributed by atoms with van der Waals surface area (Å²) in [6.45, 7) is 6.15. The first kappa shape index (κ1) is 20.4. The second-order valence-corrected chi connectivity index (χ2v) is 10.4. The molecule has 3 saturated carbocycles. The summed E-state index contributed by atoms with van der Waals surface area (Å²) in [6.07, 6.45) is 7.90. The first-order valence-electron chi connectivity index (χ1n) is 11.4. The summed E-state index contributed by atoms with van der Waals surface area (Å²) >= 11 is 0. The number of ketones is 1. The third-order valence-electron chi connectivity index (χ3n) is 9.13. The summed E-state index contributed by atoms with van der Waals surface area (Å²) in [4.78, 5) is 24.6. The van der Waals surface area contributed by atoms with Gasteiger partial charge in [0.2, 0.25) is 0 Å². The number of hydrogen-bond acceptors (Lipinski definition) is 5. The second-order valence-electron chi connectivity index (χ2n) is 10.4. The van der Waals surface area contributed by atoms with Crippen molar-refractivity contribution in [2.45, 2.75) is 83.4 Å². The SMILES string of the molecule is CCC[C@@H]1O[C@@H]2C[C@H]3[C@@H]4CCC5=CC(=O)C=C[C@]5(C)[C@@H]4[C@H](O)C[C@]3(C)[C@]2(C(=O)O)O1. The highest BCUT2D eigenvalue weighted by molar-refractivity contribution is 6.01. The van der Waals surface area contributed by atoms with E-state index < -0.39 is 35.5 Å². The van der Waals surface area contributed by atoms with Gasteiger partial charge in [-0.25, -0.2) is 4.79 Å². The van der Waals surface area contributed by atoms with Gasteiger partial charge in [-0.3, -0.25) is 4.79 Å². The highest BCUT2D eigenvalue weighted by Crippen LogP contribution is 2.69. The van der Waals surface area contributed by atoms with Crippen LogP contribution in [0.1, 0.15) is 59.3 Å². The minimum absolute atomic E-state index is 0.0139. The van der Waals surface area contributed by atoms with Crippen LogP contribution in [0.25, 0.3) is 0 Å². The lowest BCUT2D eigenvalue weighted by molar-refractivity contribution is -0.210. The number of carbonyl (C=O) groups is 2. The second kappa shape index (κ2) is 6.50. The van der Waals surface area contributed by atoms with E-state index in [1.807, 2.05) is 19.9 Å². The van der Waals surface area contributed by atoms with Crippen LogP contribution in [0.4, 0.5) is 0 Å². The van der Waals surface area contributed by atoms with Crippen molar-refractivity contribution in [1.82, 2.24) is 0 Å². The third-order valence-corrected chi connectivity index (χ3v) is 9.13. The number of hydrogen-bond donors (Lipinski definition) is 2. The standard InChI is InChI=1S/C24H32O6/c1-4-5-19-29-18-11-16-15-7-6-13-10-14(25)8-9-22(13,2)20(15)17(26)12-23(16,3)24(18,30-19)21(27)28/h8-10,15-20,26H,4-7,11-12H2,1-3H3,(H,27,28)/t15-,16-,17+,18+,19+,20-,22-,23-,24-/m0/s1. The third kappa shape index (κ3) is 2.36. The number of carboxylic acid groups (broad SMARTS) is 1. The van der Waals surface area contributed by atoms with Crippen molar-refractivity contribution in [3.8, 4) is 0 Å². The zero-order valence-corrected chi connectivity index (χ0v) is 18.0. The fourth-order valence-electron chi connectivity index (χ4n) is 7.87. The van der Waals surface area contributed by atoms with Crippen molar-refractivity contribution in [3.05, 3.63) is 23.8 Å². The lowest BCUT2D eigenvalue weighted by atomic mass is 9.46. The highest BCUT2D eigenvalue weighted by atomic mass is 16.7. The van der Waals surface area contributed by atoms with Gasteiger partial charge in [0.15, 0.2) is 17.7 Å². The van der Waals surface area contributed by atoms with Crippen molar-refractivity contribution >= 4 is 11.8 Å². The molecule has 6 heteroatoms. The van der Waals surface area contributed by atoms with E-state index in [-0.39, 0.29) is 29.0 Å². The summed E-state index contributed by atoms with van der Waals surface area (Å²) in [5, 5.41) is 21.8. The van der Waals surface area contributed by atoms with Gasteiger partial charge >= 0.3 is 5.97 Å². The van der Waals surface area contributed by atoms with Gasteiger partial charge in [0, 0.05) is 16.7 Å². The van der Waals surface area contributed by atoms with Crippen LogP contribution in [0.2, 0.25) is 0 Å². The number of aliphatic hydroxyl groups is 1. The summed E-state index contributed by atoms with van der Waals surface area (Å²) in [5.74, 6) is -0.722. The van der Waals surface area contributed by atoms with E-state index in [4.69, 9.17) is 9.47 Å². The topological polar surface area (TPSA) is 93.1 Å². The Balaban J connectivity index is 1.55. The van der Waals surface area contributed by atoms with Crippen molar-refractivity contribution in [2.75, 3.05) is 0 Å². The maximum absolute atomic E-state index is 12.7. The molecule has 1 saturated heterocycles. The van der Waals surface area contributed by atoms with Gasteiger partial charge in [-0.15, -0.1) is 0 Å². The number of allylic oxidation sites excluding steroid dienone is 4. The Hall–Kier alpha value is -1.50. The first-order chi connectivity index (χ1) is 14.2. The lowest BCUT2D eigenvalue weighted by Crippen LogP contribution is -2.63. The summed E-state index contributed by atoms with van der Waals surface area (Å²) in [6, 6.07) is 0. The number of carbonyl (C=O) groups excluding carboxylic acids is 1. The van der Waals surface area contributed by atoms with Gasteiger partial charge in [-0.2, -0.15) is 0 Å². The van der Waals surface area contributed by atoms with Crippen molar-refractivity contribution in [2.24, 2.45) is 28.6 Å². The van der Waals surface area contributed by atoms with Crippen molar-refractivity contribution in [3.63, 3.8) is 0 Å². The molecule has 4 fully saturated rings. The Morgan fingerprint density at radius 2 is 2.10 bits per heavy atom. The fraction of sp³-hybridized carbons (Fsp3) is 0.750. The molecule has 2 N–H and O–H groups in total. The summed E-state index contributed by atoms with van der Waals surface area (Å²) < 4.78 is 12.4. The number of aliphatic hydroxyl groups excluding tert-OH is 1. The van der Waals surface area contributed by atoms with Gasteiger partial charge in [-0.05, 0) is 56.1 Å². The van der Waals surface area contributed by atoms with E-state index in [1.54, 1.807) is 12.2 Å². The average molecular weight is 417 g/mol. The van der Waals surface area contributed by atoms with Crippen LogP contribution in [0.3, 0.4) is 0 Å². The molecule has 5 rings (SSSR count). The molecule has 0 unspecified atom stereocenters. The number of rotatable bonds is 3. The summed E-state index contributed by atoms with van der Waals surface area (Å²) in [7, 11) is 0. The molecule has 9 atom stereocenters. The Morgan fingerprint density at radius 1 is 1.33 bits per heavy atom. The van der Waals surface area contributed by atoms with Crippen LogP contribution in [0.5, 0.6) is 0 Å². The number of aliphatic carboxylic acids is 1. The lowest BCUT2D eigenvalue weighted by Gasteiger charge is -2.59. The first-order valence-corrected chi connectivity index (χ1v) is 11.4. The molecule has 0 amide bonds. The fourth-order valence-corrected chi connectivity index (χ4v) is 7.87. The van der Waals surface area contributed by atoms with E-state index in [0.29, 0.717) is 19.3 Å². The monoisotopic (exact) mass is 416 g/mol. The predicted molar refractivity (Wildman–Crippen MR) is 108 cm³/mol. The Kier molecular flexibility index (Phi) is 4.42. The number of fused-ring (bicyclic) bond motifs is 7. The molecule has 1 heterocycles. The van der Waals surface area contributed by atoms with E-state index in [0.717, 1.165) is 24.8 Å². The van der Waals surface area contributed by atoms with E-state index in [9.17, 15) is 19.8 Å². The van der Waals surface area contributed by atoms with Crippen LogP contribution < -0.4 is 0 Å². The van der Waals surface area contributed by atoms with Crippen LogP contribution in [-0.2, 0) is 19.1 Å². The zero-order chi connectivity index (χ0) is 21.5. The minimum Gasteiger partial charge on any atom is -0.479 e. The maximum atomic E-state index is 12.7. The van der Waals surface area contributed by atoms with E-state index >= 15 is 0 Å². The van der Waals surface area contributed by atoms with Crippen LogP contribution in [-0.4, -0.2) is 46.1 Å². The molecule has 164 valence electrons. The average Bonchev–Trinajstić information content (AvgIpc) is 3.15. The molecule has 0 aromatic rings. The van der Waals surface area contributed by atoms with Gasteiger partial charge in [0.1, 0.15) is 6.10 Å². The molecule has 0 aromatic carbocycles. The van der Waals surface area contributed by atoms with Gasteiger partial charge in [0.25, 0.3) is 0 Å². The molecule has 4 aliphatic carbocycles. The van der Waals surface area contributed by atoms with Gasteiger partial charge < -0.3 is 19.7 Å². The van der Waals surface area contributed by atoms with E-state index in [2.05, 4.69) is 6.92 Å². The summed E-state index contributed by atoms with van der Waals surface area (Å²) in [5.41, 5.74) is -1.37. The molecular weight excluding hydrogens is 384 g/mol. The molecule has 0 radical (unpaired) electrons. The van der Waals surface area contributed by atoms with Crippen LogP contribution in [0, 0.1) is 28.6 Å². The molecule has 0 spiro atoms.